The normalized spacial score (nSPS) is 12.3. The number of rotatable bonds is 3. The summed E-state index contributed by atoms with van der Waals surface area (Å²) < 4.78 is 1.64. The maximum absolute atomic E-state index is 12.7. The van der Waals surface area contributed by atoms with Gasteiger partial charge in [-0.25, -0.2) is 4.98 Å². The van der Waals surface area contributed by atoms with Crippen molar-refractivity contribution in [1.82, 2.24) is 14.8 Å². The molecule has 3 rings (SSSR count). The largest absolute Gasteiger partial charge is 0.389 e. The van der Waals surface area contributed by atoms with Gasteiger partial charge in [-0.3, -0.25) is 9.48 Å². The fourth-order valence-corrected chi connectivity index (χ4v) is 2.59. The van der Waals surface area contributed by atoms with Crippen LogP contribution >= 0.6 is 0 Å². The molecule has 1 amide bonds. The van der Waals surface area contributed by atoms with Crippen molar-refractivity contribution >= 4 is 22.6 Å². The van der Waals surface area contributed by atoms with Crippen molar-refractivity contribution in [3.05, 3.63) is 53.3 Å². The number of hydrogen-bond acceptors (Lipinski definition) is 4. The first-order valence-corrected chi connectivity index (χ1v) is 7.35. The molecule has 0 spiro atoms. The van der Waals surface area contributed by atoms with Crippen LogP contribution < -0.4 is 5.32 Å². The van der Waals surface area contributed by atoms with E-state index in [4.69, 9.17) is 0 Å². The van der Waals surface area contributed by atoms with Gasteiger partial charge in [-0.05, 0) is 26.0 Å². The van der Waals surface area contributed by atoms with E-state index in [2.05, 4.69) is 15.4 Å². The van der Waals surface area contributed by atoms with Gasteiger partial charge in [-0.2, -0.15) is 5.10 Å². The smallest absolute Gasteiger partial charge is 0.256 e. The molecule has 6 heteroatoms. The second kappa shape index (κ2) is 5.81. The third kappa shape index (κ3) is 2.80. The molecular formula is C17H18N4O2. The predicted molar refractivity (Wildman–Crippen MR) is 88.3 cm³/mol. The highest BCUT2D eigenvalue weighted by atomic mass is 16.3. The minimum absolute atomic E-state index is 0.249. The third-order valence-electron chi connectivity index (χ3n) is 3.74. The first-order chi connectivity index (χ1) is 11.0. The summed E-state index contributed by atoms with van der Waals surface area (Å²) in [6, 6.07) is 8.95. The molecule has 118 valence electrons. The molecule has 2 heterocycles. The van der Waals surface area contributed by atoms with Crippen molar-refractivity contribution in [2.45, 2.75) is 20.0 Å². The van der Waals surface area contributed by atoms with Crippen LogP contribution in [-0.2, 0) is 7.05 Å². The lowest BCUT2D eigenvalue weighted by Crippen LogP contribution is -2.15. The summed E-state index contributed by atoms with van der Waals surface area (Å²) in [4.78, 5) is 17.1. The van der Waals surface area contributed by atoms with Crippen molar-refractivity contribution in [3.63, 3.8) is 0 Å². The number of aromatic nitrogens is 3. The summed E-state index contributed by atoms with van der Waals surface area (Å²) >= 11 is 0. The highest BCUT2D eigenvalue weighted by molar-refractivity contribution is 6.12. The number of carbonyl (C=O) groups is 1. The monoisotopic (exact) mass is 310 g/mol. The SMILES string of the molecule is Cc1cc(C(=O)Nc2ccccc2C(C)O)c2cnn(C)c2n1. The molecule has 1 unspecified atom stereocenters. The molecule has 2 aromatic heterocycles. The first kappa shape index (κ1) is 15.2. The standard InChI is InChI=1S/C17H18N4O2/c1-10-8-13(14-9-18-21(3)16(14)19-10)17(23)20-15-7-5-4-6-12(15)11(2)22/h4-9,11,22H,1-3H3,(H,20,23). The van der Waals surface area contributed by atoms with Gasteiger partial charge < -0.3 is 10.4 Å². The summed E-state index contributed by atoms with van der Waals surface area (Å²) in [5.74, 6) is -0.249. The molecule has 3 aromatic rings. The van der Waals surface area contributed by atoms with Gasteiger partial charge in [0, 0.05) is 24.0 Å². The van der Waals surface area contributed by atoms with E-state index in [1.165, 1.54) is 0 Å². The maximum atomic E-state index is 12.7. The number of aliphatic hydroxyl groups excluding tert-OH is 1. The van der Waals surface area contributed by atoms with E-state index in [0.717, 1.165) is 5.69 Å². The summed E-state index contributed by atoms with van der Waals surface area (Å²) in [5, 5.41) is 17.6. The van der Waals surface area contributed by atoms with Gasteiger partial charge in [0.05, 0.1) is 23.3 Å². The van der Waals surface area contributed by atoms with Gasteiger partial charge in [-0.1, -0.05) is 18.2 Å². The van der Waals surface area contributed by atoms with Crippen LogP contribution in [0.4, 0.5) is 5.69 Å². The number of amides is 1. The molecule has 0 radical (unpaired) electrons. The number of fused-ring (bicyclic) bond motifs is 1. The number of pyridine rings is 1. The van der Waals surface area contributed by atoms with Crippen molar-refractivity contribution in [1.29, 1.82) is 0 Å². The fourth-order valence-electron chi connectivity index (χ4n) is 2.59. The van der Waals surface area contributed by atoms with Crippen LogP contribution in [0.1, 0.15) is 34.6 Å². The number of benzene rings is 1. The highest BCUT2D eigenvalue weighted by Gasteiger charge is 2.16. The Bertz CT molecular complexity index is 883. The molecule has 0 bridgehead atoms. The quantitative estimate of drug-likeness (QED) is 0.779. The number of nitrogens with one attached hydrogen (secondary N) is 1. The van der Waals surface area contributed by atoms with E-state index in [9.17, 15) is 9.90 Å². The third-order valence-corrected chi connectivity index (χ3v) is 3.74. The molecule has 0 aliphatic carbocycles. The summed E-state index contributed by atoms with van der Waals surface area (Å²) in [5.41, 5.74) is 3.20. The van der Waals surface area contributed by atoms with Crippen LogP contribution in [-0.4, -0.2) is 25.8 Å². The molecule has 0 saturated carbocycles. The van der Waals surface area contributed by atoms with Gasteiger partial charge >= 0.3 is 0 Å². The zero-order valence-corrected chi connectivity index (χ0v) is 13.2. The minimum atomic E-state index is -0.663. The lowest BCUT2D eigenvalue weighted by atomic mass is 10.1. The Morgan fingerprint density at radius 3 is 2.83 bits per heavy atom. The van der Waals surface area contributed by atoms with Crippen LogP contribution in [0.25, 0.3) is 11.0 Å². The van der Waals surface area contributed by atoms with Crippen molar-refractivity contribution in [2.75, 3.05) is 5.32 Å². The van der Waals surface area contributed by atoms with E-state index >= 15 is 0 Å². The number of aliphatic hydroxyl groups is 1. The van der Waals surface area contributed by atoms with Crippen molar-refractivity contribution in [2.24, 2.45) is 7.05 Å². The first-order valence-electron chi connectivity index (χ1n) is 7.35. The number of nitrogens with zero attached hydrogens (tertiary/aromatic N) is 3. The molecule has 1 atom stereocenters. The number of aryl methyl sites for hydroxylation is 2. The van der Waals surface area contributed by atoms with Crippen LogP contribution in [0.3, 0.4) is 0 Å². The molecule has 1 aromatic carbocycles. The van der Waals surface area contributed by atoms with Crippen molar-refractivity contribution in [3.8, 4) is 0 Å². The van der Waals surface area contributed by atoms with Crippen LogP contribution in [0.2, 0.25) is 0 Å². The molecule has 0 aliphatic heterocycles. The van der Waals surface area contributed by atoms with E-state index in [0.29, 0.717) is 27.8 Å². The molecule has 23 heavy (non-hydrogen) atoms. The highest BCUT2D eigenvalue weighted by Crippen LogP contribution is 2.24. The Hall–Kier alpha value is -2.73. The van der Waals surface area contributed by atoms with Gasteiger partial charge in [0.1, 0.15) is 0 Å². The van der Waals surface area contributed by atoms with Crippen LogP contribution in [0.15, 0.2) is 36.5 Å². The zero-order valence-electron chi connectivity index (χ0n) is 13.2. The maximum Gasteiger partial charge on any atom is 0.256 e. The number of para-hydroxylation sites is 1. The van der Waals surface area contributed by atoms with Gasteiger partial charge in [0.25, 0.3) is 5.91 Å². The Labute approximate surface area is 133 Å². The lowest BCUT2D eigenvalue weighted by molar-refractivity contribution is 0.102. The summed E-state index contributed by atoms with van der Waals surface area (Å²) in [6.07, 6.45) is 0.973. The number of hydrogen-bond donors (Lipinski definition) is 2. The molecule has 2 N–H and O–H groups in total. The summed E-state index contributed by atoms with van der Waals surface area (Å²) in [7, 11) is 1.79. The predicted octanol–water partition coefficient (Wildman–Crippen LogP) is 2.58. The Kier molecular flexibility index (Phi) is 3.83. The van der Waals surface area contributed by atoms with Gasteiger partial charge in [0.2, 0.25) is 0 Å². The van der Waals surface area contributed by atoms with E-state index in [1.54, 1.807) is 43.0 Å². The molecule has 0 aliphatic rings. The minimum Gasteiger partial charge on any atom is -0.389 e. The zero-order chi connectivity index (χ0) is 16.6. The number of carbonyl (C=O) groups excluding carboxylic acids is 1. The van der Waals surface area contributed by atoms with Crippen LogP contribution in [0, 0.1) is 6.92 Å². The summed E-state index contributed by atoms with van der Waals surface area (Å²) in [6.45, 7) is 3.51. The molecule has 6 nitrogen and oxygen atoms in total. The molecular weight excluding hydrogens is 292 g/mol. The molecule has 0 fully saturated rings. The Morgan fingerprint density at radius 1 is 1.35 bits per heavy atom. The van der Waals surface area contributed by atoms with Gasteiger partial charge in [0.15, 0.2) is 5.65 Å². The van der Waals surface area contributed by atoms with E-state index < -0.39 is 6.10 Å². The fraction of sp³-hybridized carbons (Fsp3) is 0.235. The second-order valence-corrected chi connectivity index (χ2v) is 5.53. The molecule has 0 saturated heterocycles. The lowest BCUT2D eigenvalue weighted by Gasteiger charge is -2.13. The van der Waals surface area contributed by atoms with Crippen molar-refractivity contribution < 1.29 is 9.90 Å². The average Bonchev–Trinajstić information content (AvgIpc) is 2.88. The average molecular weight is 310 g/mol. The van der Waals surface area contributed by atoms with E-state index in [1.807, 2.05) is 19.1 Å². The Balaban J connectivity index is 2.02. The second-order valence-electron chi connectivity index (χ2n) is 5.53. The topological polar surface area (TPSA) is 80.0 Å². The Morgan fingerprint density at radius 2 is 2.09 bits per heavy atom. The number of anilines is 1. The van der Waals surface area contributed by atoms with Crippen LogP contribution in [0.5, 0.6) is 0 Å². The van der Waals surface area contributed by atoms with E-state index in [-0.39, 0.29) is 5.91 Å². The van der Waals surface area contributed by atoms with Gasteiger partial charge in [-0.15, -0.1) is 0 Å².